The minimum absolute atomic E-state index is 0.258. The summed E-state index contributed by atoms with van der Waals surface area (Å²) in [5.41, 5.74) is 0.523. The van der Waals surface area contributed by atoms with Gasteiger partial charge in [-0.3, -0.25) is 0 Å². The Balaban J connectivity index is 2.08. The molecular weight excluding hydrogens is 294 g/mol. The minimum atomic E-state index is -1.04. The molecule has 2 rings (SSSR count). The van der Waals surface area contributed by atoms with Gasteiger partial charge in [0, 0.05) is 5.56 Å². The van der Waals surface area contributed by atoms with Crippen LogP contribution in [0.25, 0.3) is 0 Å². The fraction of sp³-hybridized carbons (Fsp3) is 0.222. The molecule has 0 bridgehead atoms. The van der Waals surface area contributed by atoms with Gasteiger partial charge in [0.2, 0.25) is 6.10 Å². The summed E-state index contributed by atoms with van der Waals surface area (Å²) in [7, 11) is 0. The van der Waals surface area contributed by atoms with Gasteiger partial charge in [0.25, 0.3) is 0 Å². The van der Waals surface area contributed by atoms with Gasteiger partial charge in [0.1, 0.15) is 17.6 Å². The molecule has 0 heterocycles. The molecule has 0 aliphatic rings. The molecule has 0 aromatic heterocycles. The SMILES string of the molecule is CCCOC(=O)O[C@@H](C#N)c1cccc(Oc2ccccc2)c1. The zero-order valence-corrected chi connectivity index (χ0v) is 12.8. The van der Waals surface area contributed by atoms with Gasteiger partial charge in [-0.15, -0.1) is 0 Å². The molecule has 0 aliphatic carbocycles. The average Bonchev–Trinajstić information content (AvgIpc) is 2.59. The Labute approximate surface area is 135 Å². The van der Waals surface area contributed by atoms with Crippen molar-refractivity contribution in [2.24, 2.45) is 0 Å². The molecule has 0 spiro atoms. The van der Waals surface area contributed by atoms with Crippen molar-refractivity contribution in [2.75, 3.05) is 6.61 Å². The summed E-state index contributed by atoms with van der Waals surface area (Å²) in [6.07, 6.45) is -1.21. The van der Waals surface area contributed by atoms with Crippen LogP contribution < -0.4 is 4.74 Å². The van der Waals surface area contributed by atoms with Gasteiger partial charge in [-0.25, -0.2) is 4.79 Å². The van der Waals surface area contributed by atoms with Gasteiger partial charge in [-0.05, 0) is 30.7 Å². The maximum absolute atomic E-state index is 11.5. The first kappa shape index (κ1) is 16.4. The second-order valence-electron chi connectivity index (χ2n) is 4.71. The lowest BCUT2D eigenvalue weighted by atomic mass is 10.1. The summed E-state index contributed by atoms with van der Waals surface area (Å²) in [6, 6.07) is 18.1. The lowest BCUT2D eigenvalue weighted by molar-refractivity contribution is 0.0388. The summed E-state index contributed by atoms with van der Waals surface area (Å²) < 4.78 is 15.5. The molecule has 0 fully saturated rings. The van der Waals surface area contributed by atoms with E-state index in [1.807, 2.05) is 43.3 Å². The molecule has 23 heavy (non-hydrogen) atoms. The van der Waals surface area contributed by atoms with Crippen LogP contribution in [0.4, 0.5) is 4.79 Å². The van der Waals surface area contributed by atoms with E-state index in [4.69, 9.17) is 14.2 Å². The largest absolute Gasteiger partial charge is 0.509 e. The van der Waals surface area contributed by atoms with Crippen LogP contribution in [0.15, 0.2) is 54.6 Å². The second kappa shape index (κ2) is 8.44. The Morgan fingerprint density at radius 3 is 2.57 bits per heavy atom. The number of rotatable bonds is 6. The number of ether oxygens (including phenoxy) is 3. The van der Waals surface area contributed by atoms with E-state index in [-0.39, 0.29) is 6.61 Å². The van der Waals surface area contributed by atoms with E-state index in [1.54, 1.807) is 24.3 Å². The number of hydrogen-bond acceptors (Lipinski definition) is 5. The van der Waals surface area contributed by atoms with Gasteiger partial charge >= 0.3 is 6.16 Å². The molecule has 0 aliphatic heterocycles. The van der Waals surface area contributed by atoms with Gasteiger partial charge in [0.05, 0.1) is 6.61 Å². The first-order chi connectivity index (χ1) is 11.2. The quantitative estimate of drug-likeness (QED) is 0.729. The Morgan fingerprint density at radius 2 is 1.87 bits per heavy atom. The summed E-state index contributed by atoms with van der Waals surface area (Å²) in [6.45, 7) is 2.13. The second-order valence-corrected chi connectivity index (χ2v) is 4.71. The van der Waals surface area contributed by atoms with E-state index in [2.05, 4.69) is 0 Å². The van der Waals surface area contributed by atoms with Crippen LogP contribution in [0.3, 0.4) is 0 Å². The molecule has 0 radical (unpaired) electrons. The molecule has 2 aromatic rings. The Hall–Kier alpha value is -3.00. The number of benzene rings is 2. The molecule has 0 saturated heterocycles. The molecule has 1 atom stereocenters. The van der Waals surface area contributed by atoms with Crippen LogP contribution in [-0.2, 0) is 9.47 Å². The van der Waals surface area contributed by atoms with E-state index < -0.39 is 12.3 Å². The third-order valence-corrected chi connectivity index (χ3v) is 2.90. The Morgan fingerprint density at radius 1 is 1.13 bits per heavy atom. The van der Waals surface area contributed by atoms with Crippen LogP contribution in [-0.4, -0.2) is 12.8 Å². The average molecular weight is 311 g/mol. The van der Waals surface area contributed by atoms with E-state index >= 15 is 0 Å². The molecule has 0 amide bonds. The van der Waals surface area contributed by atoms with Crippen molar-refractivity contribution in [3.8, 4) is 17.6 Å². The van der Waals surface area contributed by atoms with Gasteiger partial charge < -0.3 is 14.2 Å². The van der Waals surface area contributed by atoms with Crippen LogP contribution in [0.5, 0.6) is 11.5 Å². The highest BCUT2D eigenvalue weighted by atomic mass is 16.7. The van der Waals surface area contributed by atoms with Gasteiger partial charge in [0.15, 0.2) is 0 Å². The lowest BCUT2D eigenvalue weighted by Gasteiger charge is -2.12. The summed E-state index contributed by atoms with van der Waals surface area (Å²) >= 11 is 0. The van der Waals surface area contributed by atoms with Crippen molar-refractivity contribution in [1.29, 1.82) is 5.26 Å². The molecule has 0 unspecified atom stereocenters. The van der Waals surface area contributed by atoms with Gasteiger partial charge in [-0.2, -0.15) is 5.26 Å². The van der Waals surface area contributed by atoms with Crippen LogP contribution in [0.1, 0.15) is 25.0 Å². The fourth-order valence-corrected chi connectivity index (χ4v) is 1.85. The third kappa shape index (κ3) is 5.04. The van der Waals surface area contributed by atoms with Crippen molar-refractivity contribution in [3.05, 3.63) is 60.2 Å². The topological polar surface area (TPSA) is 68.5 Å². The zero-order valence-electron chi connectivity index (χ0n) is 12.8. The Kier molecular flexibility index (Phi) is 6.01. The van der Waals surface area contributed by atoms with Crippen molar-refractivity contribution in [1.82, 2.24) is 0 Å². The summed E-state index contributed by atoms with van der Waals surface area (Å²) in [5, 5.41) is 9.21. The van der Waals surface area contributed by atoms with E-state index in [0.717, 1.165) is 0 Å². The molecule has 2 aromatic carbocycles. The normalized spacial score (nSPS) is 11.1. The number of carbonyl (C=O) groups excluding carboxylic acids is 1. The highest BCUT2D eigenvalue weighted by Crippen LogP contribution is 2.26. The molecule has 5 nitrogen and oxygen atoms in total. The predicted molar refractivity (Wildman–Crippen MR) is 84.0 cm³/mol. The smallest absolute Gasteiger partial charge is 0.457 e. The van der Waals surface area contributed by atoms with E-state index in [9.17, 15) is 10.1 Å². The summed E-state index contributed by atoms with van der Waals surface area (Å²) in [4.78, 5) is 11.5. The molecular formula is C18H17NO4. The monoisotopic (exact) mass is 311 g/mol. The van der Waals surface area contributed by atoms with Crippen molar-refractivity contribution < 1.29 is 19.0 Å². The lowest BCUT2D eigenvalue weighted by Crippen LogP contribution is -2.12. The fourth-order valence-electron chi connectivity index (χ4n) is 1.85. The third-order valence-electron chi connectivity index (χ3n) is 2.90. The number of carbonyl (C=O) groups is 1. The van der Waals surface area contributed by atoms with Crippen molar-refractivity contribution in [2.45, 2.75) is 19.4 Å². The zero-order chi connectivity index (χ0) is 16.5. The number of nitrogens with zero attached hydrogens (tertiary/aromatic N) is 1. The summed E-state index contributed by atoms with van der Waals surface area (Å²) in [5.74, 6) is 1.24. The molecule has 118 valence electrons. The first-order valence-electron chi connectivity index (χ1n) is 7.29. The standard InChI is InChI=1S/C18H17NO4/c1-2-11-21-18(20)23-17(13-19)14-7-6-10-16(12-14)22-15-8-4-3-5-9-15/h3-10,12,17H,2,11H2,1H3/t17-/m0/s1. The highest BCUT2D eigenvalue weighted by Gasteiger charge is 2.17. The van der Waals surface area contributed by atoms with Crippen LogP contribution >= 0.6 is 0 Å². The Bertz CT molecular complexity index is 679. The van der Waals surface area contributed by atoms with E-state index in [0.29, 0.717) is 23.5 Å². The number of para-hydroxylation sites is 1. The van der Waals surface area contributed by atoms with Gasteiger partial charge in [-0.1, -0.05) is 37.3 Å². The molecule has 5 heteroatoms. The highest BCUT2D eigenvalue weighted by molar-refractivity contribution is 5.60. The molecule has 0 saturated carbocycles. The van der Waals surface area contributed by atoms with Crippen molar-refractivity contribution in [3.63, 3.8) is 0 Å². The molecule has 0 N–H and O–H groups in total. The van der Waals surface area contributed by atoms with Crippen molar-refractivity contribution >= 4 is 6.16 Å². The van der Waals surface area contributed by atoms with Crippen LogP contribution in [0.2, 0.25) is 0 Å². The maximum Gasteiger partial charge on any atom is 0.509 e. The van der Waals surface area contributed by atoms with Crippen LogP contribution in [0, 0.1) is 11.3 Å². The first-order valence-corrected chi connectivity index (χ1v) is 7.29. The van der Waals surface area contributed by atoms with E-state index in [1.165, 1.54) is 0 Å². The minimum Gasteiger partial charge on any atom is -0.457 e. The number of nitriles is 1. The number of hydrogen-bond donors (Lipinski definition) is 0. The maximum atomic E-state index is 11.5. The predicted octanol–water partition coefficient (Wildman–Crippen LogP) is 4.61.